The van der Waals surface area contributed by atoms with Gasteiger partial charge in [0.25, 0.3) is 0 Å². The number of benzene rings is 3. The third-order valence-corrected chi connectivity index (χ3v) is 8.04. The second kappa shape index (κ2) is 15.8. The molecule has 0 saturated carbocycles. The third-order valence-electron chi connectivity index (χ3n) is 7.39. The zero-order valence-corrected chi connectivity index (χ0v) is 26.5. The van der Waals surface area contributed by atoms with Crippen LogP contribution >= 0.6 is 15.9 Å². The van der Waals surface area contributed by atoms with Crippen molar-refractivity contribution in [3.63, 3.8) is 0 Å². The van der Waals surface area contributed by atoms with Crippen LogP contribution in [-0.2, 0) is 26.5 Å². The average molecular weight is 643 g/mol. The number of nitrogen functional groups attached to an aromatic ring is 1. The van der Waals surface area contributed by atoms with Crippen molar-refractivity contribution in [3.8, 4) is 11.1 Å². The molecule has 0 radical (unpaired) electrons. The van der Waals surface area contributed by atoms with Crippen LogP contribution < -0.4 is 5.73 Å². The van der Waals surface area contributed by atoms with Crippen LogP contribution in [0.15, 0.2) is 71.2 Å². The summed E-state index contributed by atoms with van der Waals surface area (Å²) in [6.07, 6.45) is 0. The number of halogens is 2. The van der Waals surface area contributed by atoms with Crippen molar-refractivity contribution in [1.82, 2.24) is 9.80 Å². The molecule has 3 aromatic carbocycles. The van der Waals surface area contributed by atoms with E-state index in [9.17, 15) is 9.59 Å². The molecule has 42 heavy (non-hydrogen) atoms. The van der Waals surface area contributed by atoms with Crippen LogP contribution in [0.2, 0.25) is 0 Å². The number of nitrogens with zero attached hydrogens (tertiary/aromatic N) is 2. The van der Waals surface area contributed by atoms with E-state index < -0.39 is 17.6 Å². The van der Waals surface area contributed by atoms with Gasteiger partial charge in [-0.2, -0.15) is 0 Å². The largest absolute Gasteiger partial charge is 0.462 e. The topological polar surface area (TPSA) is 85.1 Å². The Bertz CT molecular complexity index is 1310. The second-order valence-electron chi connectivity index (χ2n) is 10.1. The van der Waals surface area contributed by atoms with Crippen molar-refractivity contribution >= 4 is 33.6 Å². The first-order valence-electron chi connectivity index (χ1n) is 14.3. The lowest BCUT2D eigenvalue weighted by atomic mass is 9.95. The fourth-order valence-corrected chi connectivity index (χ4v) is 5.02. The number of hydrogen-bond acceptors (Lipinski definition) is 7. The Labute approximate surface area is 256 Å². The summed E-state index contributed by atoms with van der Waals surface area (Å²) < 4.78 is 26.9. The summed E-state index contributed by atoms with van der Waals surface area (Å²) in [7, 11) is 0. The SMILES string of the molecule is CCN(CCOC(=O)c1cc(Br)c(N)c(CN(CC)CC)c1)CCOC(=O)C(C)(F)c1ccc(-c2ccccc2)cc1. The number of carbonyl (C=O) groups excluding carboxylic acids is 2. The highest BCUT2D eigenvalue weighted by Gasteiger charge is 2.37. The molecular weight excluding hydrogens is 601 g/mol. The zero-order chi connectivity index (χ0) is 30.7. The van der Waals surface area contributed by atoms with Gasteiger partial charge < -0.3 is 15.2 Å². The van der Waals surface area contributed by atoms with Crippen LogP contribution in [0, 0.1) is 0 Å². The van der Waals surface area contributed by atoms with Gasteiger partial charge in [0.2, 0.25) is 5.67 Å². The molecule has 0 aliphatic carbocycles. The van der Waals surface area contributed by atoms with E-state index in [-0.39, 0.29) is 18.8 Å². The highest BCUT2D eigenvalue weighted by atomic mass is 79.9. The van der Waals surface area contributed by atoms with Gasteiger partial charge in [-0.1, -0.05) is 75.4 Å². The maximum Gasteiger partial charge on any atom is 0.348 e. The van der Waals surface area contributed by atoms with Crippen LogP contribution in [0.3, 0.4) is 0 Å². The lowest BCUT2D eigenvalue weighted by molar-refractivity contribution is -0.157. The van der Waals surface area contributed by atoms with Crippen LogP contribution in [0.4, 0.5) is 10.1 Å². The Morgan fingerprint density at radius 1 is 0.857 bits per heavy atom. The summed E-state index contributed by atoms with van der Waals surface area (Å²) >= 11 is 3.46. The van der Waals surface area contributed by atoms with Crippen LogP contribution in [0.25, 0.3) is 11.1 Å². The molecule has 7 nitrogen and oxygen atoms in total. The standard InChI is InChI=1S/C33H41BrFN3O4/c1-5-37(6-2)23-27-21-26(22-29(34)30(27)36)31(39)41-19-17-38(7-3)18-20-42-32(40)33(4,35)28-15-13-25(14-16-28)24-11-9-8-10-12-24/h8-16,21-22H,5-7,17-20,23,36H2,1-4H3. The summed E-state index contributed by atoms with van der Waals surface area (Å²) in [5.41, 5.74) is 8.04. The molecule has 2 N–H and O–H groups in total. The van der Waals surface area contributed by atoms with Crippen molar-refractivity contribution in [2.75, 3.05) is 51.7 Å². The first-order chi connectivity index (χ1) is 20.1. The number of hydrogen-bond donors (Lipinski definition) is 1. The van der Waals surface area contributed by atoms with E-state index in [0.29, 0.717) is 41.9 Å². The Morgan fingerprint density at radius 2 is 1.43 bits per heavy atom. The van der Waals surface area contributed by atoms with E-state index >= 15 is 4.39 Å². The van der Waals surface area contributed by atoms with E-state index in [0.717, 1.165) is 29.8 Å². The molecule has 3 rings (SSSR count). The Hall–Kier alpha value is -3.27. The van der Waals surface area contributed by atoms with Gasteiger partial charge >= 0.3 is 11.9 Å². The lowest BCUT2D eigenvalue weighted by Gasteiger charge is -2.23. The zero-order valence-electron chi connectivity index (χ0n) is 24.9. The molecule has 0 bridgehead atoms. The van der Waals surface area contributed by atoms with E-state index in [1.54, 1.807) is 36.4 Å². The minimum atomic E-state index is -2.28. The van der Waals surface area contributed by atoms with Crippen molar-refractivity contribution in [1.29, 1.82) is 0 Å². The quantitative estimate of drug-likeness (QED) is 0.151. The minimum absolute atomic E-state index is 0.0157. The Balaban J connectivity index is 1.48. The number of nitrogens with two attached hydrogens (primary N) is 1. The van der Waals surface area contributed by atoms with Gasteiger partial charge in [0.15, 0.2) is 0 Å². The van der Waals surface area contributed by atoms with Gasteiger partial charge in [-0.25, -0.2) is 14.0 Å². The molecule has 0 aliphatic heterocycles. The second-order valence-corrected chi connectivity index (χ2v) is 11.0. The number of likely N-dealkylation sites (N-methyl/N-ethyl adjacent to an activating group) is 1. The van der Waals surface area contributed by atoms with E-state index in [4.69, 9.17) is 15.2 Å². The first kappa shape index (κ1) is 33.2. The van der Waals surface area contributed by atoms with Crippen molar-refractivity contribution in [2.24, 2.45) is 0 Å². The summed E-state index contributed by atoms with van der Waals surface area (Å²) in [4.78, 5) is 29.6. The van der Waals surface area contributed by atoms with Crippen molar-refractivity contribution < 1.29 is 23.5 Å². The number of ether oxygens (including phenoxy) is 2. The highest BCUT2D eigenvalue weighted by Crippen LogP contribution is 2.30. The van der Waals surface area contributed by atoms with Crippen LogP contribution in [-0.4, -0.2) is 67.7 Å². The van der Waals surface area contributed by atoms with Crippen LogP contribution in [0.5, 0.6) is 0 Å². The fraction of sp³-hybridized carbons (Fsp3) is 0.394. The van der Waals surface area contributed by atoms with Gasteiger partial charge in [-0.15, -0.1) is 0 Å². The number of anilines is 1. The highest BCUT2D eigenvalue weighted by molar-refractivity contribution is 9.10. The van der Waals surface area contributed by atoms with Crippen LogP contribution in [0.1, 0.15) is 49.2 Å². The number of esters is 2. The molecule has 3 aromatic rings. The molecule has 0 amide bonds. The minimum Gasteiger partial charge on any atom is -0.462 e. The molecule has 1 unspecified atom stereocenters. The Morgan fingerprint density at radius 3 is 2.02 bits per heavy atom. The summed E-state index contributed by atoms with van der Waals surface area (Å²) in [6, 6.07) is 20.0. The van der Waals surface area contributed by atoms with Gasteiger partial charge in [-0.05, 0) is 71.3 Å². The third kappa shape index (κ3) is 8.86. The Kier molecular flexibility index (Phi) is 12.5. The van der Waals surface area contributed by atoms with E-state index in [2.05, 4.69) is 34.7 Å². The predicted molar refractivity (Wildman–Crippen MR) is 169 cm³/mol. The fourth-order valence-electron chi connectivity index (χ4n) is 4.52. The molecule has 0 aliphatic rings. The average Bonchev–Trinajstić information content (AvgIpc) is 3.01. The monoisotopic (exact) mass is 641 g/mol. The molecule has 226 valence electrons. The van der Waals surface area contributed by atoms with Gasteiger partial charge in [0.1, 0.15) is 13.2 Å². The summed E-state index contributed by atoms with van der Waals surface area (Å²) in [5.74, 6) is -1.38. The number of carbonyl (C=O) groups is 2. The molecule has 0 spiro atoms. The molecule has 1 atom stereocenters. The predicted octanol–water partition coefficient (Wildman–Crippen LogP) is 6.45. The van der Waals surface area contributed by atoms with Gasteiger partial charge in [0.05, 0.1) is 11.3 Å². The molecule has 0 heterocycles. The van der Waals surface area contributed by atoms with E-state index in [1.165, 1.54) is 6.92 Å². The lowest BCUT2D eigenvalue weighted by Crippen LogP contribution is -2.35. The molecule has 0 fully saturated rings. The number of rotatable bonds is 15. The molecule has 9 heteroatoms. The van der Waals surface area contributed by atoms with Crippen molar-refractivity contribution in [2.45, 2.75) is 39.9 Å². The van der Waals surface area contributed by atoms with Gasteiger partial charge in [0, 0.05) is 29.7 Å². The van der Waals surface area contributed by atoms with Crippen molar-refractivity contribution in [3.05, 3.63) is 87.9 Å². The maximum absolute atomic E-state index is 15.4. The van der Waals surface area contributed by atoms with Gasteiger partial charge in [-0.3, -0.25) is 9.80 Å². The molecule has 0 saturated heterocycles. The maximum atomic E-state index is 15.4. The number of alkyl halides is 1. The molecule has 0 aromatic heterocycles. The summed E-state index contributed by atoms with van der Waals surface area (Å²) in [6.45, 7) is 11.3. The first-order valence-corrected chi connectivity index (χ1v) is 15.1. The normalized spacial score (nSPS) is 12.8. The molecular formula is C33H41BrFN3O4. The van der Waals surface area contributed by atoms with E-state index in [1.807, 2.05) is 42.2 Å². The summed E-state index contributed by atoms with van der Waals surface area (Å²) in [5, 5.41) is 0. The smallest absolute Gasteiger partial charge is 0.348 e.